The molecule has 6 heteroatoms. The number of amides is 1. The molecule has 1 fully saturated rings. The van der Waals surface area contributed by atoms with Gasteiger partial charge in [-0.3, -0.25) is 4.79 Å². The van der Waals surface area contributed by atoms with Gasteiger partial charge in [-0.05, 0) is 30.7 Å². The van der Waals surface area contributed by atoms with Crippen molar-refractivity contribution < 1.29 is 14.4 Å². The van der Waals surface area contributed by atoms with Crippen molar-refractivity contribution in [3.63, 3.8) is 0 Å². The fraction of sp³-hybridized carbons (Fsp3) is 0.500. The zero-order valence-corrected chi connectivity index (χ0v) is 13.4. The Morgan fingerprint density at radius 1 is 1.55 bits per heavy atom. The Labute approximate surface area is 133 Å². The first kappa shape index (κ1) is 15.4. The van der Waals surface area contributed by atoms with Gasteiger partial charge in [0.2, 0.25) is 5.91 Å². The summed E-state index contributed by atoms with van der Waals surface area (Å²) in [6.45, 7) is 2.39. The van der Waals surface area contributed by atoms with Gasteiger partial charge in [-0.1, -0.05) is 24.2 Å². The maximum Gasteiger partial charge on any atom is 0.226 e. The van der Waals surface area contributed by atoms with Gasteiger partial charge >= 0.3 is 0 Å². The van der Waals surface area contributed by atoms with Crippen molar-refractivity contribution in [2.45, 2.75) is 37.0 Å². The molecule has 0 radical (unpaired) electrons. The number of thioether (sulfide) groups is 1. The van der Waals surface area contributed by atoms with E-state index in [-0.39, 0.29) is 17.6 Å². The molecule has 5 nitrogen and oxygen atoms in total. The number of aromatic nitrogens is 1. The molecule has 3 rings (SSSR count). The molecule has 1 aromatic carbocycles. The molecule has 1 aliphatic rings. The van der Waals surface area contributed by atoms with Crippen LogP contribution < -0.4 is 5.32 Å². The average Bonchev–Trinajstić information content (AvgIpc) is 2.92. The lowest BCUT2D eigenvalue weighted by molar-refractivity contribution is -0.122. The Kier molecular flexibility index (Phi) is 4.40. The van der Waals surface area contributed by atoms with Gasteiger partial charge in [0.25, 0.3) is 0 Å². The number of hydrogen-bond acceptors (Lipinski definition) is 5. The number of nitrogens with zero attached hydrogens (tertiary/aromatic N) is 1. The number of rotatable bonds is 6. The van der Waals surface area contributed by atoms with E-state index in [1.165, 1.54) is 0 Å². The van der Waals surface area contributed by atoms with Crippen LogP contribution in [-0.2, 0) is 11.2 Å². The van der Waals surface area contributed by atoms with Crippen LogP contribution in [0.4, 0.5) is 0 Å². The summed E-state index contributed by atoms with van der Waals surface area (Å²) >= 11 is 1.76. The van der Waals surface area contributed by atoms with Gasteiger partial charge in [0, 0.05) is 17.2 Å². The van der Waals surface area contributed by atoms with Crippen LogP contribution >= 0.6 is 11.8 Å². The van der Waals surface area contributed by atoms with Crippen LogP contribution in [-0.4, -0.2) is 39.3 Å². The lowest BCUT2D eigenvalue weighted by atomic mass is 9.79. The van der Waals surface area contributed by atoms with Gasteiger partial charge in [0.1, 0.15) is 5.69 Å². The van der Waals surface area contributed by atoms with E-state index in [1.54, 1.807) is 11.8 Å². The molecular formula is C16H20N2O3S. The summed E-state index contributed by atoms with van der Waals surface area (Å²) in [7, 11) is 0. The van der Waals surface area contributed by atoms with Crippen LogP contribution in [0.15, 0.2) is 28.8 Å². The lowest BCUT2D eigenvalue weighted by Crippen LogP contribution is -2.57. The summed E-state index contributed by atoms with van der Waals surface area (Å²) in [6, 6.07) is 7.48. The molecule has 0 bridgehead atoms. The van der Waals surface area contributed by atoms with Gasteiger partial charge in [0.15, 0.2) is 5.58 Å². The third-order valence-electron chi connectivity index (χ3n) is 4.18. The second-order valence-corrected chi connectivity index (χ2v) is 7.14. The number of fused-ring (bicyclic) bond motifs is 1. The highest BCUT2D eigenvalue weighted by molar-refractivity contribution is 8.00. The first-order valence-electron chi connectivity index (χ1n) is 7.56. The molecular weight excluding hydrogens is 300 g/mol. The second-order valence-electron chi connectivity index (χ2n) is 5.67. The van der Waals surface area contributed by atoms with Crippen LogP contribution in [0.3, 0.4) is 0 Å². The maximum atomic E-state index is 12.1. The lowest BCUT2D eigenvalue weighted by Gasteiger charge is -2.45. The fourth-order valence-electron chi connectivity index (χ4n) is 2.77. The van der Waals surface area contributed by atoms with Crippen LogP contribution in [0, 0.1) is 0 Å². The zero-order chi connectivity index (χ0) is 15.6. The third-order valence-corrected chi connectivity index (χ3v) is 5.59. The molecule has 2 aromatic rings. The van der Waals surface area contributed by atoms with E-state index >= 15 is 0 Å². The molecule has 2 N–H and O–H groups in total. The Bertz CT molecular complexity index is 672. The molecule has 118 valence electrons. The van der Waals surface area contributed by atoms with Gasteiger partial charge in [-0.25, -0.2) is 0 Å². The van der Waals surface area contributed by atoms with E-state index in [2.05, 4.69) is 17.4 Å². The standard InChI is InChI=1S/C16H20N2O3S/c1-2-22-14-7-8-16(14,20)10-17-15(19)9-12-11-5-3-4-6-13(11)21-18-12/h3-6,14,20H,2,7-10H2,1H3,(H,17,19)/t14-,16+/m0/s1. The maximum absolute atomic E-state index is 12.1. The number of carbonyl (C=O) groups excluding carboxylic acids is 1. The monoisotopic (exact) mass is 320 g/mol. The van der Waals surface area contributed by atoms with Gasteiger partial charge in [-0.2, -0.15) is 11.8 Å². The van der Waals surface area contributed by atoms with Crippen LogP contribution in [0.1, 0.15) is 25.5 Å². The zero-order valence-electron chi connectivity index (χ0n) is 12.5. The molecule has 1 heterocycles. The van der Waals surface area contributed by atoms with E-state index < -0.39 is 5.60 Å². The van der Waals surface area contributed by atoms with E-state index in [0.29, 0.717) is 17.8 Å². The second kappa shape index (κ2) is 6.30. The molecule has 0 aliphatic heterocycles. The molecule has 1 amide bonds. The smallest absolute Gasteiger partial charge is 0.226 e. The summed E-state index contributed by atoms with van der Waals surface area (Å²) in [5, 5.41) is 18.4. The minimum atomic E-state index is -0.762. The molecule has 22 heavy (non-hydrogen) atoms. The summed E-state index contributed by atoms with van der Waals surface area (Å²) in [4.78, 5) is 12.1. The topological polar surface area (TPSA) is 75.4 Å². The first-order chi connectivity index (χ1) is 10.6. The number of nitrogens with one attached hydrogen (secondary N) is 1. The summed E-state index contributed by atoms with van der Waals surface area (Å²) in [6.07, 6.45) is 1.93. The Morgan fingerprint density at radius 3 is 3.09 bits per heavy atom. The summed E-state index contributed by atoms with van der Waals surface area (Å²) in [5.74, 6) is 0.839. The fourth-order valence-corrected chi connectivity index (χ4v) is 3.97. The summed E-state index contributed by atoms with van der Waals surface area (Å²) < 4.78 is 5.19. The number of hydrogen-bond donors (Lipinski definition) is 2. The van der Waals surface area contributed by atoms with Crippen molar-refractivity contribution in [2.75, 3.05) is 12.3 Å². The predicted molar refractivity (Wildman–Crippen MR) is 86.8 cm³/mol. The molecule has 1 saturated carbocycles. The van der Waals surface area contributed by atoms with E-state index in [0.717, 1.165) is 24.0 Å². The van der Waals surface area contributed by atoms with Gasteiger partial charge < -0.3 is 14.9 Å². The third kappa shape index (κ3) is 2.98. The highest BCUT2D eigenvalue weighted by Gasteiger charge is 2.45. The van der Waals surface area contributed by atoms with Gasteiger partial charge in [0.05, 0.1) is 12.0 Å². The van der Waals surface area contributed by atoms with E-state index in [4.69, 9.17) is 4.52 Å². The predicted octanol–water partition coefficient (Wildman–Crippen LogP) is 2.13. The van der Waals surface area contributed by atoms with Crippen molar-refractivity contribution >= 4 is 28.6 Å². The molecule has 0 saturated heterocycles. The van der Waals surface area contributed by atoms with Crippen molar-refractivity contribution in [3.8, 4) is 0 Å². The van der Waals surface area contributed by atoms with E-state index in [1.807, 2.05) is 24.3 Å². The van der Waals surface area contributed by atoms with Crippen molar-refractivity contribution in [1.29, 1.82) is 0 Å². The van der Waals surface area contributed by atoms with Crippen molar-refractivity contribution in [1.82, 2.24) is 10.5 Å². The van der Waals surface area contributed by atoms with Crippen LogP contribution in [0.5, 0.6) is 0 Å². The van der Waals surface area contributed by atoms with Crippen LogP contribution in [0.25, 0.3) is 11.0 Å². The highest BCUT2D eigenvalue weighted by Crippen LogP contribution is 2.40. The Morgan fingerprint density at radius 2 is 2.36 bits per heavy atom. The number of benzene rings is 1. The Hall–Kier alpha value is -1.53. The highest BCUT2D eigenvalue weighted by atomic mass is 32.2. The minimum Gasteiger partial charge on any atom is -0.387 e. The quantitative estimate of drug-likeness (QED) is 0.853. The van der Waals surface area contributed by atoms with Gasteiger partial charge in [-0.15, -0.1) is 0 Å². The normalized spacial score (nSPS) is 24.2. The molecule has 2 atom stereocenters. The van der Waals surface area contributed by atoms with E-state index in [9.17, 15) is 9.90 Å². The largest absolute Gasteiger partial charge is 0.387 e. The number of para-hydroxylation sites is 1. The first-order valence-corrected chi connectivity index (χ1v) is 8.61. The van der Waals surface area contributed by atoms with Crippen LogP contribution in [0.2, 0.25) is 0 Å². The summed E-state index contributed by atoms with van der Waals surface area (Å²) in [5.41, 5.74) is 0.554. The number of carbonyl (C=O) groups is 1. The SMILES string of the molecule is CCS[C@H]1CC[C@@]1(O)CNC(=O)Cc1noc2ccccc12. The van der Waals surface area contributed by atoms with Crippen molar-refractivity contribution in [3.05, 3.63) is 30.0 Å². The average molecular weight is 320 g/mol. The molecule has 1 aliphatic carbocycles. The number of aliphatic hydroxyl groups is 1. The minimum absolute atomic E-state index is 0.139. The Balaban J connectivity index is 1.57. The molecule has 1 aromatic heterocycles. The molecule has 0 spiro atoms. The van der Waals surface area contributed by atoms with Crippen molar-refractivity contribution in [2.24, 2.45) is 0 Å². The molecule has 0 unspecified atom stereocenters.